The molecule has 0 aliphatic carbocycles. The number of carboxylic acids is 1. The summed E-state index contributed by atoms with van der Waals surface area (Å²) >= 11 is 0. The first-order chi connectivity index (χ1) is 11.4. The number of likely N-dealkylation sites (N-methyl/N-ethyl adjacent to an activating group) is 1. The van der Waals surface area contributed by atoms with Crippen LogP contribution in [0, 0.1) is 0 Å². The lowest BCUT2D eigenvalue weighted by Gasteiger charge is -2.19. The summed E-state index contributed by atoms with van der Waals surface area (Å²) in [5.74, 6) is -2.56. The first-order valence-corrected chi connectivity index (χ1v) is 7.48. The predicted octanol–water partition coefficient (Wildman–Crippen LogP) is 1.72. The van der Waals surface area contributed by atoms with E-state index in [2.05, 4.69) is 0 Å². The molecule has 0 bridgehead atoms. The van der Waals surface area contributed by atoms with Crippen LogP contribution in [0.25, 0.3) is 6.08 Å². The van der Waals surface area contributed by atoms with Gasteiger partial charge in [0, 0.05) is 12.7 Å². The van der Waals surface area contributed by atoms with E-state index in [1.165, 1.54) is 11.0 Å². The molecule has 0 radical (unpaired) electrons. The first kappa shape index (κ1) is 19.2. The lowest BCUT2D eigenvalue weighted by Crippen LogP contribution is -2.26. The van der Waals surface area contributed by atoms with Crippen molar-refractivity contribution in [1.29, 1.82) is 0 Å². The van der Waals surface area contributed by atoms with E-state index in [0.717, 1.165) is 0 Å². The molecule has 0 aliphatic rings. The van der Waals surface area contributed by atoms with Gasteiger partial charge in [-0.15, -0.1) is 0 Å². The predicted molar refractivity (Wildman–Crippen MR) is 88.6 cm³/mol. The van der Waals surface area contributed by atoms with Crippen LogP contribution in [0.15, 0.2) is 29.8 Å². The Morgan fingerprint density at radius 1 is 1.08 bits per heavy atom. The summed E-state index contributed by atoms with van der Waals surface area (Å²) in [5, 5.41) is 8.93. The number of carboxylic acid groups (broad SMARTS) is 1. The quantitative estimate of drug-likeness (QED) is 0.334. The SMILES string of the molecule is CCOC(=O)C(=Cc1ccccc1N(C)CC(=O)O)C(=O)OCC. The number of rotatable bonds is 8. The Bertz CT molecular complexity index is 618. The summed E-state index contributed by atoms with van der Waals surface area (Å²) in [5.41, 5.74) is 0.832. The van der Waals surface area contributed by atoms with Gasteiger partial charge >= 0.3 is 17.9 Å². The topological polar surface area (TPSA) is 93.1 Å². The van der Waals surface area contributed by atoms with Crippen molar-refractivity contribution in [2.45, 2.75) is 13.8 Å². The maximum atomic E-state index is 12.0. The number of hydrogen-bond acceptors (Lipinski definition) is 6. The molecule has 0 amide bonds. The number of para-hydroxylation sites is 1. The zero-order chi connectivity index (χ0) is 18.1. The van der Waals surface area contributed by atoms with E-state index < -0.39 is 17.9 Å². The maximum Gasteiger partial charge on any atom is 0.345 e. The molecule has 0 spiro atoms. The molecular formula is C17H21NO6. The lowest BCUT2D eigenvalue weighted by atomic mass is 10.1. The number of carbonyl (C=O) groups is 3. The molecule has 0 heterocycles. The van der Waals surface area contributed by atoms with E-state index in [0.29, 0.717) is 11.3 Å². The normalized spacial score (nSPS) is 9.79. The third kappa shape index (κ3) is 5.42. The van der Waals surface area contributed by atoms with Crippen LogP contribution in [0.5, 0.6) is 0 Å². The third-order valence-electron chi connectivity index (χ3n) is 3.01. The number of benzene rings is 1. The molecule has 24 heavy (non-hydrogen) atoms. The average molecular weight is 335 g/mol. The van der Waals surface area contributed by atoms with Crippen molar-refractivity contribution in [2.75, 3.05) is 31.7 Å². The number of ether oxygens (including phenoxy) is 2. The van der Waals surface area contributed by atoms with Crippen LogP contribution >= 0.6 is 0 Å². The summed E-state index contributed by atoms with van der Waals surface area (Å²) in [4.78, 5) is 36.4. The van der Waals surface area contributed by atoms with Gasteiger partial charge < -0.3 is 19.5 Å². The molecule has 0 fully saturated rings. The van der Waals surface area contributed by atoms with Gasteiger partial charge in [0.05, 0.1) is 13.2 Å². The van der Waals surface area contributed by atoms with Crippen molar-refractivity contribution in [3.05, 3.63) is 35.4 Å². The van der Waals surface area contributed by atoms with Crippen LogP contribution in [0.2, 0.25) is 0 Å². The molecule has 0 aromatic heterocycles. The van der Waals surface area contributed by atoms with Gasteiger partial charge in [0.25, 0.3) is 0 Å². The molecule has 7 heteroatoms. The zero-order valence-electron chi connectivity index (χ0n) is 13.9. The van der Waals surface area contributed by atoms with Crippen molar-refractivity contribution in [2.24, 2.45) is 0 Å². The van der Waals surface area contributed by atoms with Crippen LogP contribution in [0.4, 0.5) is 5.69 Å². The van der Waals surface area contributed by atoms with Gasteiger partial charge in [-0.2, -0.15) is 0 Å². The average Bonchev–Trinajstić information content (AvgIpc) is 2.52. The highest BCUT2D eigenvalue weighted by Crippen LogP contribution is 2.22. The second-order valence-electron chi connectivity index (χ2n) is 4.81. The number of carbonyl (C=O) groups excluding carboxylic acids is 2. The monoisotopic (exact) mass is 335 g/mol. The molecule has 130 valence electrons. The molecular weight excluding hydrogens is 314 g/mol. The zero-order valence-corrected chi connectivity index (χ0v) is 13.9. The van der Waals surface area contributed by atoms with E-state index in [4.69, 9.17) is 14.6 Å². The molecule has 1 aromatic carbocycles. The highest BCUT2D eigenvalue weighted by atomic mass is 16.6. The highest BCUT2D eigenvalue weighted by Gasteiger charge is 2.22. The Morgan fingerprint density at radius 3 is 2.12 bits per heavy atom. The fraction of sp³-hybridized carbons (Fsp3) is 0.353. The largest absolute Gasteiger partial charge is 0.480 e. The van der Waals surface area contributed by atoms with Crippen LogP contribution in [-0.4, -0.2) is 49.8 Å². The summed E-state index contributed by atoms with van der Waals surface area (Å²) in [6.07, 6.45) is 1.35. The first-order valence-electron chi connectivity index (χ1n) is 7.48. The minimum atomic E-state index is -0.993. The number of hydrogen-bond donors (Lipinski definition) is 1. The second kappa shape index (κ2) is 9.34. The molecule has 0 saturated carbocycles. The van der Waals surface area contributed by atoms with Gasteiger partial charge in [-0.1, -0.05) is 18.2 Å². The molecule has 0 saturated heterocycles. The Morgan fingerprint density at radius 2 is 1.62 bits per heavy atom. The van der Waals surface area contributed by atoms with Crippen molar-refractivity contribution < 1.29 is 29.0 Å². The molecule has 0 unspecified atom stereocenters. The smallest absolute Gasteiger partial charge is 0.345 e. The van der Waals surface area contributed by atoms with Crippen molar-refractivity contribution in [1.82, 2.24) is 0 Å². The van der Waals surface area contributed by atoms with Gasteiger partial charge in [0.15, 0.2) is 0 Å². The van der Waals surface area contributed by atoms with Crippen LogP contribution in [-0.2, 0) is 23.9 Å². The fourth-order valence-electron chi connectivity index (χ4n) is 2.02. The minimum absolute atomic E-state index is 0.121. The van der Waals surface area contributed by atoms with E-state index in [-0.39, 0.29) is 25.3 Å². The minimum Gasteiger partial charge on any atom is -0.480 e. The van der Waals surface area contributed by atoms with Crippen molar-refractivity contribution in [3.63, 3.8) is 0 Å². The number of esters is 2. The van der Waals surface area contributed by atoms with Gasteiger partial charge in [0.2, 0.25) is 0 Å². The number of nitrogens with zero attached hydrogens (tertiary/aromatic N) is 1. The fourth-order valence-corrected chi connectivity index (χ4v) is 2.02. The molecule has 1 N–H and O–H groups in total. The molecule has 0 atom stereocenters. The highest BCUT2D eigenvalue weighted by molar-refractivity contribution is 6.18. The second-order valence-corrected chi connectivity index (χ2v) is 4.81. The van der Waals surface area contributed by atoms with E-state index in [1.807, 2.05) is 0 Å². The molecule has 1 aromatic rings. The van der Waals surface area contributed by atoms with Gasteiger partial charge in [-0.05, 0) is 31.6 Å². The van der Waals surface area contributed by atoms with Crippen molar-refractivity contribution >= 4 is 29.7 Å². The van der Waals surface area contributed by atoms with Crippen LogP contribution in [0.3, 0.4) is 0 Å². The number of aliphatic carboxylic acids is 1. The van der Waals surface area contributed by atoms with Crippen molar-refractivity contribution in [3.8, 4) is 0 Å². The van der Waals surface area contributed by atoms with Gasteiger partial charge in [-0.3, -0.25) is 4.79 Å². The Hall–Kier alpha value is -2.83. The Balaban J connectivity index is 3.28. The summed E-state index contributed by atoms with van der Waals surface area (Å²) < 4.78 is 9.79. The van der Waals surface area contributed by atoms with Gasteiger partial charge in [-0.25, -0.2) is 9.59 Å². The third-order valence-corrected chi connectivity index (χ3v) is 3.01. The number of anilines is 1. The standard InChI is InChI=1S/C17H21NO6/c1-4-23-16(21)13(17(22)24-5-2)10-12-8-6-7-9-14(12)18(3)11-15(19)20/h6-10H,4-5,11H2,1-3H3,(H,19,20). The Kier molecular flexibility index (Phi) is 7.48. The van der Waals surface area contributed by atoms with Crippen LogP contribution < -0.4 is 4.90 Å². The Labute approximate surface area is 140 Å². The summed E-state index contributed by atoms with van der Waals surface area (Å²) in [6.45, 7) is 3.29. The maximum absolute atomic E-state index is 12.0. The van der Waals surface area contributed by atoms with E-state index in [9.17, 15) is 14.4 Å². The van der Waals surface area contributed by atoms with Crippen LogP contribution in [0.1, 0.15) is 19.4 Å². The van der Waals surface area contributed by atoms with Gasteiger partial charge in [0.1, 0.15) is 12.1 Å². The lowest BCUT2D eigenvalue weighted by molar-refractivity contribution is -0.146. The molecule has 0 aliphatic heterocycles. The molecule has 1 rings (SSSR count). The summed E-state index contributed by atoms with van der Waals surface area (Å²) in [6, 6.07) is 6.83. The van der Waals surface area contributed by atoms with E-state index in [1.54, 1.807) is 45.2 Å². The summed E-state index contributed by atoms with van der Waals surface area (Å²) in [7, 11) is 1.61. The van der Waals surface area contributed by atoms with E-state index >= 15 is 0 Å². The molecule has 7 nitrogen and oxygen atoms in total.